The van der Waals surface area contributed by atoms with Crippen LogP contribution >= 0.6 is 0 Å². The maximum atomic E-state index is 13.8. The summed E-state index contributed by atoms with van der Waals surface area (Å²) in [5.74, 6) is 1.69. The van der Waals surface area contributed by atoms with Gasteiger partial charge in [-0.15, -0.1) is 0 Å². The number of amides is 1. The van der Waals surface area contributed by atoms with Gasteiger partial charge in [-0.05, 0) is 52.2 Å². The van der Waals surface area contributed by atoms with E-state index < -0.39 is 6.04 Å². The van der Waals surface area contributed by atoms with Crippen molar-refractivity contribution in [2.24, 2.45) is 0 Å². The van der Waals surface area contributed by atoms with Crippen molar-refractivity contribution < 1.29 is 28.2 Å². The molecule has 1 unspecified atom stereocenters. The van der Waals surface area contributed by atoms with E-state index in [-0.39, 0.29) is 22.7 Å². The Morgan fingerprint density at radius 1 is 0.972 bits per heavy atom. The fourth-order valence-electron chi connectivity index (χ4n) is 4.63. The maximum absolute atomic E-state index is 13.8. The summed E-state index contributed by atoms with van der Waals surface area (Å²) in [7, 11) is 8.56. The first-order chi connectivity index (χ1) is 17.3. The fourth-order valence-corrected chi connectivity index (χ4v) is 4.63. The molecule has 1 aromatic heterocycles. The lowest BCUT2D eigenvalue weighted by atomic mass is 9.97. The number of rotatable bonds is 10. The fraction of sp³-hybridized carbons (Fsp3) is 0.407. The number of carbonyl (C=O) groups excluding carboxylic acids is 1. The second-order valence-electron chi connectivity index (χ2n) is 8.77. The van der Waals surface area contributed by atoms with E-state index in [2.05, 4.69) is 0 Å². The van der Waals surface area contributed by atoms with Crippen molar-refractivity contribution in [2.45, 2.75) is 19.4 Å². The zero-order valence-corrected chi connectivity index (χ0v) is 21.5. The Labute approximate surface area is 210 Å². The molecular formula is C27H32N2O7. The first-order valence-electron chi connectivity index (χ1n) is 11.8. The van der Waals surface area contributed by atoms with Gasteiger partial charge in [0.2, 0.25) is 5.76 Å². The quantitative estimate of drug-likeness (QED) is 0.420. The minimum Gasteiger partial charge on any atom is -0.496 e. The van der Waals surface area contributed by atoms with E-state index in [1.165, 1.54) is 21.3 Å². The van der Waals surface area contributed by atoms with Gasteiger partial charge in [-0.2, -0.15) is 0 Å². The molecule has 0 bridgehead atoms. The Bertz CT molecular complexity index is 1330. The highest BCUT2D eigenvalue weighted by atomic mass is 16.5. The number of fused-ring (bicyclic) bond motifs is 2. The third-order valence-electron chi connectivity index (χ3n) is 6.29. The average Bonchev–Trinajstić information content (AvgIpc) is 3.14. The predicted octanol–water partition coefficient (Wildman–Crippen LogP) is 3.71. The molecule has 192 valence electrons. The molecule has 1 aliphatic heterocycles. The Morgan fingerprint density at radius 3 is 2.31 bits per heavy atom. The van der Waals surface area contributed by atoms with Gasteiger partial charge in [0.1, 0.15) is 17.1 Å². The molecule has 1 aliphatic rings. The summed E-state index contributed by atoms with van der Waals surface area (Å²) < 4.78 is 28.3. The van der Waals surface area contributed by atoms with Crippen molar-refractivity contribution in [1.82, 2.24) is 9.80 Å². The molecule has 0 N–H and O–H groups in total. The normalized spacial score (nSPS) is 14.9. The zero-order valence-electron chi connectivity index (χ0n) is 21.5. The van der Waals surface area contributed by atoms with E-state index in [0.717, 1.165) is 6.54 Å². The molecule has 0 fully saturated rings. The van der Waals surface area contributed by atoms with Crippen LogP contribution in [-0.4, -0.2) is 70.8 Å². The standard InChI is InChI=1S/C27H32N2O7/c1-7-35-16-9-10-17-20(13-16)36-26-23(25(17)30)24(29(27(26)31)12-8-11-28(2)3)18-14-21(33-5)22(34-6)15-19(18)32-4/h9-10,13-15,24H,7-8,11-12H2,1-6H3. The van der Waals surface area contributed by atoms with Crippen molar-refractivity contribution in [2.75, 3.05) is 55.1 Å². The minimum atomic E-state index is -0.711. The number of ether oxygens (including phenoxy) is 4. The average molecular weight is 497 g/mol. The summed E-state index contributed by atoms with van der Waals surface area (Å²) in [6, 6.07) is 7.80. The second kappa shape index (κ2) is 10.5. The van der Waals surface area contributed by atoms with Crippen LogP contribution in [0.1, 0.15) is 41.1 Å². The molecule has 0 saturated heterocycles. The predicted molar refractivity (Wildman–Crippen MR) is 136 cm³/mol. The summed E-state index contributed by atoms with van der Waals surface area (Å²) in [4.78, 5) is 31.3. The van der Waals surface area contributed by atoms with E-state index in [4.69, 9.17) is 23.4 Å². The van der Waals surface area contributed by atoms with Gasteiger partial charge in [0.15, 0.2) is 16.9 Å². The van der Waals surface area contributed by atoms with E-state index in [9.17, 15) is 9.59 Å². The molecule has 3 aromatic rings. The molecule has 0 saturated carbocycles. The molecule has 2 aromatic carbocycles. The molecule has 0 radical (unpaired) electrons. The first-order valence-corrected chi connectivity index (χ1v) is 11.8. The summed E-state index contributed by atoms with van der Waals surface area (Å²) in [6.07, 6.45) is 0.709. The molecule has 4 rings (SSSR count). The summed E-state index contributed by atoms with van der Waals surface area (Å²) >= 11 is 0. The summed E-state index contributed by atoms with van der Waals surface area (Å²) in [5, 5.41) is 0.379. The molecule has 0 aliphatic carbocycles. The number of benzene rings is 2. The lowest BCUT2D eigenvalue weighted by Crippen LogP contribution is -2.32. The smallest absolute Gasteiger partial charge is 0.290 e. The van der Waals surface area contributed by atoms with E-state index in [0.29, 0.717) is 59.1 Å². The summed E-state index contributed by atoms with van der Waals surface area (Å²) in [6.45, 7) is 3.54. The highest BCUT2D eigenvalue weighted by molar-refractivity contribution is 5.99. The second-order valence-corrected chi connectivity index (χ2v) is 8.77. The lowest BCUT2D eigenvalue weighted by molar-refractivity contribution is 0.0720. The van der Waals surface area contributed by atoms with Crippen molar-refractivity contribution in [3.05, 3.63) is 57.4 Å². The third-order valence-corrected chi connectivity index (χ3v) is 6.29. The molecule has 1 atom stereocenters. The third kappa shape index (κ3) is 4.46. The first kappa shape index (κ1) is 25.4. The molecule has 1 amide bonds. The largest absolute Gasteiger partial charge is 0.496 e. The minimum absolute atomic E-state index is 0.0350. The molecular weight excluding hydrogens is 464 g/mol. The van der Waals surface area contributed by atoms with Gasteiger partial charge in [-0.25, -0.2) is 0 Å². The van der Waals surface area contributed by atoms with Crippen LogP contribution in [0, 0.1) is 0 Å². The topological polar surface area (TPSA) is 90.7 Å². The zero-order chi connectivity index (χ0) is 26.0. The van der Waals surface area contributed by atoms with Gasteiger partial charge in [0.05, 0.1) is 44.9 Å². The Balaban J connectivity index is 1.94. The Kier molecular flexibility index (Phi) is 7.40. The van der Waals surface area contributed by atoms with Crippen LogP contribution in [0.2, 0.25) is 0 Å². The van der Waals surface area contributed by atoms with Crippen molar-refractivity contribution in [3.63, 3.8) is 0 Å². The van der Waals surface area contributed by atoms with Crippen LogP contribution < -0.4 is 24.4 Å². The SMILES string of the molecule is CCOc1ccc2c(=O)c3c(oc2c1)C(=O)N(CCCN(C)C)C3c1cc(OC)c(OC)cc1OC. The number of carbonyl (C=O) groups is 1. The number of hydrogen-bond donors (Lipinski definition) is 0. The molecule has 2 heterocycles. The molecule has 0 spiro atoms. The Morgan fingerprint density at radius 2 is 1.67 bits per heavy atom. The van der Waals surface area contributed by atoms with Gasteiger partial charge >= 0.3 is 0 Å². The van der Waals surface area contributed by atoms with Gasteiger partial charge in [0.25, 0.3) is 5.91 Å². The molecule has 9 heteroatoms. The van der Waals surface area contributed by atoms with Crippen LogP contribution in [0.4, 0.5) is 0 Å². The number of methoxy groups -OCH3 is 3. The maximum Gasteiger partial charge on any atom is 0.290 e. The van der Waals surface area contributed by atoms with E-state index in [1.807, 2.05) is 25.9 Å². The molecule has 9 nitrogen and oxygen atoms in total. The highest BCUT2D eigenvalue weighted by Crippen LogP contribution is 2.45. The van der Waals surface area contributed by atoms with Crippen LogP contribution in [0.3, 0.4) is 0 Å². The number of nitrogens with zero attached hydrogens (tertiary/aromatic N) is 2. The Hall–Kier alpha value is -3.72. The summed E-state index contributed by atoms with van der Waals surface area (Å²) in [5.41, 5.74) is 0.947. The van der Waals surface area contributed by atoms with Gasteiger partial charge < -0.3 is 33.2 Å². The van der Waals surface area contributed by atoms with Crippen molar-refractivity contribution >= 4 is 16.9 Å². The van der Waals surface area contributed by atoms with Crippen molar-refractivity contribution in [3.8, 4) is 23.0 Å². The van der Waals surface area contributed by atoms with Crippen LogP contribution in [-0.2, 0) is 0 Å². The van der Waals surface area contributed by atoms with E-state index >= 15 is 0 Å². The highest BCUT2D eigenvalue weighted by Gasteiger charge is 2.44. The van der Waals surface area contributed by atoms with E-state index in [1.54, 1.807) is 35.2 Å². The van der Waals surface area contributed by atoms with Gasteiger partial charge in [-0.1, -0.05) is 0 Å². The van der Waals surface area contributed by atoms with Crippen molar-refractivity contribution in [1.29, 1.82) is 0 Å². The number of hydrogen-bond acceptors (Lipinski definition) is 8. The van der Waals surface area contributed by atoms with Crippen LogP contribution in [0.25, 0.3) is 11.0 Å². The monoisotopic (exact) mass is 496 g/mol. The van der Waals surface area contributed by atoms with Gasteiger partial charge in [0, 0.05) is 24.2 Å². The molecule has 36 heavy (non-hydrogen) atoms. The lowest BCUT2D eigenvalue weighted by Gasteiger charge is -2.27. The van der Waals surface area contributed by atoms with Crippen LogP contribution in [0.15, 0.2) is 39.5 Å². The van der Waals surface area contributed by atoms with Crippen LogP contribution in [0.5, 0.6) is 23.0 Å². The van der Waals surface area contributed by atoms with Gasteiger partial charge in [-0.3, -0.25) is 9.59 Å².